The number of hydrogen-bond donors (Lipinski definition) is 1. The molecule has 2 aromatic rings. The summed E-state index contributed by atoms with van der Waals surface area (Å²) >= 11 is 0. The van der Waals surface area contributed by atoms with Gasteiger partial charge in [0.05, 0.1) is 30.7 Å². The number of carbonyl (C=O) groups is 1. The molecule has 1 N–H and O–H groups in total. The molecule has 2 aromatic heterocycles. The van der Waals surface area contributed by atoms with Crippen LogP contribution in [0.4, 0.5) is 16.4 Å². The Kier molecular flexibility index (Phi) is 5.15. The number of nitrogens with one attached hydrogen (secondary N) is 1. The molecule has 0 bridgehead atoms. The zero-order chi connectivity index (χ0) is 18.6. The number of pyridine rings is 1. The predicted molar refractivity (Wildman–Crippen MR) is 102 cm³/mol. The smallest absolute Gasteiger partial charge is 0.322 e. The van der Waals surface area contributed by atoms with Crippen LogP contribution >= 0.6 is 0 Å². The Labute approximate surface area is 158 Å². The Hall–Kier alpha value is -2.74. The maximum absolute atomic E-state index is 12.6. The Morgan fingerprint density at radius 3 is 2.93 bits per heavy atom. The predicted octanol–water partition coefficient (Wildman–Crippen LogP) is 2.39. The van der Waals surface area contributed by atoms with Crippen molar-refractivity contribution in [1.82, 2.24) is 19.9 Å². The SMILES string of the molecule is Cc1cncc(NC(=O)N2CCOC(c3ccnc(N4CCCC4)n3)C2)c1. The molecule has 2 amide bonds. The van der Waals surface area contributed by atoms with E-state index in [1.165, 1.54) is 12.8 Å². The number of hydrogen-bond acceptors (Lipinski definition) is 6. The quantitative estimate of drug-likeness (QED) is 0.896. The van der Waals surface area contributed by atoms with Crippen LogP contribution in [0.2, 0.25) is 0 Å². The summed E-state index contributed by atoms with van der Waals surface area (Å²) < 4.78 is 5.89. The normalized spacial score (nSPS) is 20.0. The van der Waals surface area contributed by atoms with Gasteiger partial charge in [0.1, 0.15) is 6.10 Å². The first-order chi connectivity index (χ1) is 13.2. The molecule has 0 radical (unpaired) electrons. The third-order valence-corrected chi connectivity index (χ3v) is 4.86. The molecule has 0 aromatic carbocycles. The lowest BCUT2D eigenvalue weighted by Gasteiger charge is -2.32. The van der Waals surface area contributed by atoms with Gasteiger partial charge in [0, 0.05) is 32.0 Å². The molecular weight excluding hydrogens is 344 g/mol. The van der Waals surface area contributed by atoms with Gasteiger partial charge >= 0.3 is 6.03 Å². The van der Waals surface area contributed by atoms with Crippen molar-refractivity contribution in [2.24, 2.45) is 0 Å². The van der Waals surface area contributed by atoms with Crippen LogP contribution in [0, 0.1) is 6.92 Å². The van der Waals surface area contributed by atoms with Gasteiger partial charge in [-0.2, -0.15) is 0 Å². The molecule has 8 heteroatoms. The molecule has 2 aliphatic rings. The van der Waals surface area contributed by atoms with Crippen LogP contribution in [-0.2, 0) is 4.74 Å². The van der Waals surface area contributed by atoms with Gasteiger partial charge < -0.3 is 19.9 Å². The van der Waals surface area contributed by atoms with E-state index in [4.69, 9.17) is 4.74 Å². The number of aryl methyl sites for hydroxylation is 1. The van der Waals surface area contributed by atoms with Crippen molar-refractivity contribution >= 4 is 17.7 Å². The number of aromatic nitrogens is 3. The topological polar surface area (TPSA) is 83.5 Å². The van der Waals surface area contributed by atoms with E-state index in [0.29, 0.717) is 25.4 Å². The summed E-state index contributed by atoms with van der Waals surface area (Å²) in [7, 11) is 0. The van der Waals surface area contributed by atoms with E-state index in [1.54, 1.807) is 23.5 Å². The standard InChI is InChI=1S/C19H24N6O2/c1-14-10-15(12-20-11-14)22-19(26)25-8-9-27-17(13-25)16-4-5-21-18(23-16)24-6-2-3-7-24/h4-5,10-12,17H,2-3,6-9,13H2,1H3,(H,22,26). The molecule has 4 heterocycles. The van der Waals surface area contributed by atoms with E-state index in [0.717, 1.165) is 30.3 Å². The van der Waals surface area contributed by atoms with E-state index in [-0.39, 0.29) is 12.1 Å². The zero-order valence-corrected chi connectivity index (χ0v) is 15.5. The number of carbonyl (C=O) groups excluding carboxylic acids is 1. The fourth-order valence-corrected chi connectivity index (χ4v) is 3.45. The van der Waals surface area contributed by atoms with Crippen molar-refractivity contribution in [3.8, 4) is 0 Å². The molecular formula is C19H24N6O2. The van der Waals surface area contributed by atoms with Gasteiger partial charge in [-0.05, 0) is 37.5 Å². The second-order valence-electron chi connectivity index (χ2n) is 6.96. The number of urea groups is 1. The molecule has 4 rings (SSSR count). The average molecular weight is 368 g/mol. The third-order valence-electron chi connectivity index (χ3n) is 4.86. The van der Waals surface area contributed by atoms with Gasteiger partial charge in [0.25, 0.3) is 0 Å². The van der Waals surface area contributed by atoms with Crippen molar-refractivity contribution in [3.05, 3.63) is 42.0 Å². The molecule has 27 heavy (non-hydrogen) atoms. The van der Waals surface area contributed by atoms with Gasteiger partial charge in [-0.15, -0.1) is 0 Å². The largest absolute Gasteiger partial charge is 0.368 e. The highest BCUT2D eigenvalue weighted by Gasteiger charge is 2.27. The van der Waals surface area contributed by atoms with Crippen LogP contribution in [0.5, 0.6) is 0 Å². The second-order valence-corrected chi connectivity index (χ2v) is 6.96. The number of ether oxygens (including phenoxy) is 1. The molecule has 8 nitrogen and oxygen atoms in total. The molecule has 2 fully saturated rings. The molecule has 0 aliphatic carbocycles. The van der Waals surface area contributed by atoms with Gasteiger partial charge in [0.2, 0.25) is 5.95 Å². The molecule has 2 aliphatic heterocycles. The summed E-state index contributed by atoms with van der Waals surface area (Å²) in [6.07, 6.45) is 7.29. The first-order valence-electron chi connectivity index (χ1n) is 9.36. The highest BCUT2D eigenvalue weighted by atomic mass is 16.5. The summed E-state index contributed by atoms with van der Waals surface area (Å²) in [5, 5.41) is 2.91. The van der Waals surface area contributed by atoms with Crippen LogP contribution < -0.4 is 10.2 Å². The Balaban J connectivity index is 1.43. The second kappa shape index (κ2) is 7.87. The van der Waals surface area contributed by atoms with Crippen molar-refractivity contribution in [1.29, 1.82) is 0 Å². The number of rotatable bonds is 3. The van der Waals surface area contributed by atoms with E-state index in [1.807, 2.05) is 19.1 Å². The summed E-state index contributed by atoms with van der Waals surface area (Å²) in [6.45, 7) is 5.42. The van der Waals surface area contributed by atoms with Gasteiger partial charge in [-0.25, -0.2) is 14.8 Å². The molecule has 1 unspecified atom stereocenters. The van der Waals surface area contributed by atoms with Gasteiger partial charge in [-0.1, -0.05) is 0 Å². The maximum atomic E-state index is 12.6. The first-order valence-corrected chi connectivity index (χ1v) is 9.36. The minimum Gasteiger partial charge on any atom is -0.368 e. The van der Waals surface area contributed by atoms with Crippen LogP contribution in [-0.4, -0.2) is 58.7 Å². The minimum atomic E-state index is -0.246. The number of nitrogens with zero attached hydrogens (tertiary/aromatic N) is 5. The Morgan fingerprint density at radius 2 is 2.11 bits per heavy atom. The lowest BCUT2D eigenvalue weighted by atomic mass is 10.2. The van der Waals surface area contributed by atoms with Gasteiger partial charge in [0.15, 0.2) is 0 Å². The lowest BCUT2D eigenvalue weighted by molar-refractivity contribution is -0.0157. The van der Waals surface area contributed by atoms with E-state index >= 15 is 0 Å². The monoisotopic (exact) mass is 368 g/mol. The van der Waals surface area contributed by atoms with Crippen molar-refractivity contribution in [2.75, 3.05) is 43.0 Å². The first kappa shape index (κ1) is 17.7. The molecule has 142 valence electrons. The van der Waals surface area contributed by atoms with Gasteiger partial charge in [-0.3, -0.25) is 4.98 Å². The van der Waals surface area contributed by atoms with Crippen LogP contribution in [0.25, 0.3) is 0 Å². The average Bonchev–Trinajstić information content (AvgIpc) is 3.23. The summed E-state index contributed by atoms with van der Waals surface area (Å²) in [5.74, 6) is 0.751. The fourth-order valence-electron chi connectivity index (χ4n) is 3.45. The number of anilines is 2. The Morgan fingerprint density at radius 1 is 1.26 bits per heavy atom. The van der Waals surface area contributed by atoms with Crippen LogP contribution in [0.1, 0.15) is 30.2 Å². The molecule has 2 saturated heterocycles. The molecule has 0 spiro atoms. The number of amides is 2. The summed E-state index contributed by atoms with van der Waals surface area (Å²) in [4.78, 5) is 29.8. The highest BCUT2D eigenvalue weighted by molar-refractivity contribution is 5.89. The zero-order valence-electron chi connectivity index (χ0n) is 15.5. The van der Waals surface area contributed by atoms with E-state index in [9.17, 15) is 4.79 Å². The van der Waals surface area contributed by atoms with Crippen LogP contribution in [0.3, 0.4) is 0 Å². The summed E-state index contributed by atoms with van der Waals surface area (Å²) in [6, 6.07) is 3.62. The molecule has 0 saturated carbocycles. The van der Waals surface area contributed by atoms with Crippen molar-refractivity contribution < 1.29 is 9.53 Å². The van der Waals surface area contributed by atoms with Crippen LogP contribution in [0.15, 0.2) is 30.7 Å². The van der Waals surface area contributed by atoms with E-state index < -0.39 is 0 Å². The third kappa shape index (κ3) is 4.16. The summed E-state index contributed by atoms with van der Waals surface area (Å²) in [5.41, 5.74) is 2.52. The fraction of sp³-hybridized carbons (Fsp3) is 0.474. The number of morpholine rings is 1. The maximum Gasteiger partial charge on any atom is 0.322 e. The minimum absolute atomic E-state index is 0.149. The lowest BCUT2D eigenvalue weighted by Crippen LogP contribution is -2.44. The van der Waals surface area contributed by atoms with Crippen molar-refractivity contribution in [2.45, 2.75) is 25.9 Å². The van der Waals surface area contributed by atoms with Crippen molar-refractivity contribution in [3.63, 3.8) is 0 Å². The highest BCUT2D eigenvalue weighted by Crippen LogP contribution is 2.23. The molecule has 1 atom stereocenters. The Bertz CT molecular complexity index is 808. The van der Waals surface area contributed by atoms with E-state index in [2.05, 4.69) is 25.2 Å².